The molecule has 0 radical (unpaired) electrons. The van der Waals surface area contributed by atoms with Gasteiger partial charge in [0.05, 0.1) is 5.57 Å². The molecule has 1 heterocycles. The highest BCUT2D eigenvalue weighted by Crippen LogP contribution is 2.16. The number of benzene rings is 1. The third kappa shape index (κ3) is 8.74. The van der Waals surface area contributed by atoms with Crippen LogP contribution >= 0.6 is 0 Å². The number of rotatable bonds is 7. The Morgan fingerprint density at radius 1 is 1.12 bits per heavy atom. The maximum absolute atomic E-state index is 12.1. The van der Waals surface area contributed by atoms with Crippen LogP contribution in [0.4, 0.5) is 22.0 Å². The van der Waals surface area contributed by atoms with Crippen molar-refractivity contribution in [3.8, 4) is 0 Å². The molecule has 1 aromatic heterocycles. The summed E-state index contributed by atoms with van der Waals surface area (Å²) in [6.45, 7) is 6.00. The molecule has 0 aliphatic heterocycles. The van der Waals surface area contributed by atoms with E-state index in [1.807, 2.05) is 0 Å². The highest BCUT2D eigenvalue weighted by molar-refractivity contribution is 6.17. The van der Waals surface area contributed by atoms with E-state index in [1.165, 1.54) is 31.1 Å². The number of nitrogens with one attached hydrogen (secondary N) is 4. The molecule has 0 spiro atoms. The quantitative estimate of drug-likeness (QED) is 0.161. The van der Waals surface area contributed by atoms with Crippen LogP contribution in [0.3, 0.4) is 0 Å². The predicted octanol–water partition coefficient (Wildman–Crippen LogP) is 3.94. The van der Waals surface area contributed by atoms with Crippen molar-refractivity contribution in [2.24, 2.45) is 10.7 Å². The van der Waals surface area contributed by atoms with Gasteiger partial charge in [0.1, 0.15) is 11.5 Å². The maximum Gasteiger partial charge on any atom is 0.347 e. The van der Waals surface area contributed by atoms with Gasteiger partial charge in [0.15, 0.2) is 5.84 Å². The molecular weight excluding hydrogens is 420 g/mol. The molecule has 33 heavy (non-hydrogen) atoms. The summed E-state index contributed by atoms with van der Waals surface area (Å²) < 4.78 is 0. The molecule has 2 aromatic rings. The number of aliphatic imine (C=N–C) groups is 1. The van der Waals surface area contributed by atoms with Gasteiger partial charge in [0, 0.05) is 29.4 Å². The number of pyridine rings is 1. The summed E-state index contributed by atoms with van der Waals surface area (Å²) in [5, 5.41) is 19.5. The molecule has 0 bridgehead atoms. The monoisotopic (exact) mass is 450 g/mol. The minimum atomic E-state index is -0.737. The Balaban J connectivity index is 0.00000125. The van der Waals surface area contributed by atoms with Gasteiger partial charge >= 0.3 is 6.03 Å². The Hall–Kier alpha value is -4.34. The Kier molecular flexibility index (Phi) is 11.2. The van der Waals surface area contributed by atoms with E-state index in [2.05, 4.69) is 34.5 Å². The van der Waals surface area contributed by atoms with Crippen LogP contribution in [0.15, 0.2) is 53.0 Å². The van der Waals surface area contributed by atoms with Gasteiger partial charge in [-0.3, -0.25) is 4.79 Å². The van der Waals surface area contributed by atoms with Crippen LogP contribution in [0, 0.1) is 10.8 Å². The summed E-state index contributed by atoms with van der Waals surface area (Å²) in [5.74, 6) is -0.452. The van der Waals surface area contributed by atoms with Crippen LogP contribution in [0.25, 0.3) is 0 Å². The molecule has 0 aliphatic carbocycles. The van der Waals surface area contributed by atoms with Crippen molar-refractivity contribution in [1.82, 2.24) is 4.98 Å². The molecule has 0 unspecified atom stereocenters. The summed E-state index contributed by atoms with van der Waals surface area (Å²) in [6, 6.07) is 8.59. The number of hydrogen-bond acceptors (Lipinski definition) is 6. The fraction of sp³-hybridized carbons (Fsp3) is 0.217. The normalized spacial score (nSPS) is 11.0. The maximum atomic E-state index is 12.1. The SMILES string of the molecule is C/C=C(\C=N)C(=O)Nc1cccc(/C(N)=N/C(=O)Nc2ccc(N)c(C=N)c2)n1.CCCC. The van der Waals surface area contributed by atoms with Crippen LogP contribution in [0.5, 0.6) is 0 Å². The number of nitrogen functional groups attached to an aromatic ring is 1. The molecule has 0 saturated heterocycles. The lowest BCUT2D eigenvalue weighted by atomic mass is 10.2. The molecule has 0 fully saturated rings. The number of nitrogens with zero attached hydrogens (tertiary/aromatic N) is 2. The molecule has 0 aliphatic rings. The molecule has 2 rings (SSSR count). The minimum Gasteiger partial charge on any atom is -0.398 e. The number of amides is 3. The Bertz CT molecular complexity index is 1060. The molecule has 3 amide bonds. The molecule has 8 N–H and O–H groups in total. The van der Waals surface area contributed by atoms with E-state index < -0.39 is 11.9 Å². The summed E-state index contributed by atoms with van der Waals surface area (Å²) in [5.41, 5.74) is 13.2. The van der Waals surface area contributed by atoms with Crippen molar-refractivity contribution in [2.45, 2.75) is 33.6 Å². The minimum absolute atomic E-state index is 0.153. The molecule has 0 saturated carbocycles. The largest absolute Gasteiger partial charge is 0.398 e. The highest BCUT2D eigenvalue weighted by Gasteiger charge is 2.10. The number of urea groups is 1. The number of hydrogen-bond donors (Lipinski definition) is 6. The van der Waals surface area contributed by atoms with E-state index >= 15 is 0 Å². The summed E-state index contributed by atoms with van der Waals surface area (Å²) in [4.78, 5) is 32.0. The number of amidine groups is 1. The second kappa shape index (κ2) is 13.9. The molecule has 1 aromatic carbocycles. The number of carbonyl (C=O) groups is 2. The van der Waals surface area contributed by atoms with Crippen molar-refractivity contribution in [2.75, 3.05) is 16.4 Å². The van der Waals surface area contributed by atoms with Crippen molar-refractivity contribution in [1.29, 1.82) is 10.8 Å². The standard InChI is InChI=1S/C19H20N8O2.C4H10/c1-2-11(9-20)18(28)26-16-5-3-4-15(25-16)17(23)27-19(29)24-13-6-7-14(22)12(8-13)10-21;1-3-4-2/h2-10,20-21H,22H2,1H3,(H,25,26,28)(H3,23,24,27,29);3-4H2,1-2H3/b11-2+,20-9?,21-10?;. The number of nitrogens with two attached hydrogens (primary N) is 2. The average Bonchev–Trinajstić information content (AvgIpc) is 2.81. The Morgan fingerprint density at radius 2 is 1.82 bits per heavy atom. The van der Waals surface area contributed by atoms with Crippen LogP contribution < -0.4 is 22.1 Å². The fourth-order valence-electron chi connectivity index (χ4n) is 2.21. The van der Waals surface area contributed by atoms with E-state index in [-0.39, 0.29) is 22.9 Å². The molecular formula is C23H30N8O2. The third-order valence-corrected chi connectivity index (χ3v) is 4.20. The van der Waals surface area contributed by atoms with Crippen molar-refractivity contribution in [3.05, 3.63) is 59.3 Å². The zero-order chi connectivity index (χ0) is 24.8. The molecule has 174 valence electrons. The topological polar surface area (TPSA) is 183 Å². The van der Waals surface area contributed by atoms with E-state index in [0.29, 0.717) is 16.9 Å². The van der Waals surface area contributed by atoms with E-state index in [1.54, 1.807) is 31.2 Å². The number of unbranched alkanes of at least 4 members (excludes halogenated alkanes) is 1. The first-order chi connectivity index (χ1) is 15.8. The van der Waals surface area contributed by atoms with Gasteiger partial charge < -0.3 is 32.9 Å². The lowest BCUT2D eigenvalue weighted by molar-refractivity contribution is -0.112. The molecule has 10 nitrogen and oxygen atoms in total. The van der Waals surface area contributed by atoms with Gasteiger partial charge in [-0.2, -0.15) is 4.99 Å². The second-order valence-electron chi connectivity index (χ2n) is 6.67. The van der Waals surface area contributed by atoms with E-state index in [9.17, 15) is 9.59 Å². The van der Waals surface area contributed by atoms with Gasteiger partial charge in [-0.1, -0.05) is 38.8 Å². The van der Waals surface area contributed by atoms with Crippen LogP contribution in [0.1, 0.15) is 44.9 Å². The number of aromatic nitrogens is 1. The van der Waals surface area contributed by atoms with Crippen molar-refractivity contribution >= 4 is 47.4 Å². The smallest absolute Gasteiger partial charge is 0.347 e. The number of carbonyl (C=O) groups excluding carboxylic acids is 2. The van der Waals surface area contributed by atoms with Gasteiger partial charge in [0.2, 0.25) is 0 Å². The Morgan fingerprint density at radius 3 is 2.39 bits per heavy atom. The molecule has 0 atom stereocenters. The summed E-state index contributed by atoms with van der Waals surface area (Å²) in [6.07, 6.45) is 6.14. The van der Waals surface area contributed by atoms with E-state index in [0.717, 1.165) is 12.4 Å². The van der Waals surface area contributed by atoms with Crippen molar-refractivity contribution < 1.29 is 9.59 Å². The first-order valence-electron chi connectivity index (χ1n) is 10.3. The zero-order valence-electron chi connectivity index (χ0n) is 19.0. The average molecular weight is 451 g/mol. The van der Waals surface area contributed by atoms with Crippen LogP contribution in [-0.4, -0.2) is 35.2 Å². The lowest BCUT2D eigenvalue weighted by Gasteiger charge is -2.07. The molecule has 10 heteroatoms. The van der Waals surface area contributed by atoms with Gasteiger partial charge in [-0.05, 0) is 37.3 Å². The summed E-state index contributed by atoms with van der Waals surface area (Å²) >= 11 is 0. The van der Waals surface area contributed by atoms with Gasteiger partial charge in [0.25, 0.3) is 5.91 Å². The van der Waals surface area contributed by atoms with Crippen LogP contribution in [0.2, 0.25) is 0 Å². The summed E-state index contributed by atoms with van der Waals surface area (Å²) in [7, 11) is 0. The number of anilines is 3. The Labute approximate surface area is 193 Å². The predicted molar refractivity (Wildman–Crippen MR) is 134 cm³/mol. The zero-order valence-corrected chi connectivity index (χ0v) is 19.0. The van der Waals surface area contributed by atoms with E-state index in [4.69, 9.17) is 22.3 Å². The first-order valence-corrected chi connectivity index (χ1v) is 10.3. The second-order valence-corrected chi connectivity index (χ2v) is 6.67. The third-order valence-electron chi connectivity index (χ3n) is 4.20. The first kappa shape index (κ1) is 26.7. The van der Waals surface area contributed by atoms with Crippen LogP contribution in [-0.2, 0) is 4.79 Å². The van der Waals surface area contributed by atoms with Crippen molar-refractivity contribution in [3.63, 3.8) is 0 Å². The number of allylic oxidation sites excluding steroid dienone is 1. The highest BCUT2D eigenvalue weighted by atomic mass is 16.2. The lowest BCUT2D eigenvalue weighted by Crippen LogP contribution is -2.21. The van der Waals surface area contributed by atoms with Gasteiger partial charge in [-0.15, -0.1) is 0 Å². The van der Waals surface area contributed by atoms with Gasteiger partial charge in [-0.25, -0.2) is 9.78 Å². The fourth-order valence-corrected chi connectivity index (χ4v) is 2.21.